The van der Waals surface area contributed by atoms with E-state index < -0.39 is 0 Å². The number of hydrazone groups is 1. The molecule has 0 heterocycles. The van der Waals surface area contributed by atoms with E-state index >= 15 is 0 Å². The van der Waals surface area contributed by atoms with Gasteiger partial charge in [0.2, 0.25) is 0 Å². The molecule has 0 aliphatic carbocycles. The summed E-state index contributed by atoms with van der Waals surface area (Å²) in [6.45, 7) is 2.03. The Morgan fingerprint density at radius 2 is 1.80 bits per heavy atom. The SMILES string of the molecule is COc1cccc(/C=N\Nc2ccccc2C)c1OC. The average Bonchev–Trinajstić information content (AvgIpc) is 2.48. The zero-order valence-electron chi connectivity index (χ0n) is 11.9. The molecule has 0 amide bonds. The first-order chi connectivity index (χ1) is 9.76. The lowest BCUT2D eigenvalue weighted by molar-refractivity contribution is 0.354. The minimum absolute atomic E-state index is 0.672. The zero-order chi connectivity index (χ0) is 14.4. The molecule has 0 fully saturated rings. The van der Waals surface area contributed by atoms with Crippen LogP contribution >= 0.6 is 0 Å². The molecular weight excluding hydrogens is 252 g/mol. The molecule has 0 radical (unpaired) electrons. The summed E-state index contributed by atoms with van der Waals surface area (Å²) in [5.74, 6) is 1.36. The first-order valence-electron chi connectivity index (χ1n) is 6.32. The quantitative estimate of drug-likeness (QED) is 0.668. The van der Waals surface area contributed by atoms with Crippen LogP contribution in [0.3, 0.4) is 0 Å². The van der Waals surface area contributed by atoms with Gasteiger partial charge in [-0.05, 0) is 30.7 Å². The van der Waals surface area contributed by atoms with Crippen LogP contribution < -0.4 is 14.9 Å². The van der Waals surface area contributed by atoms with Crippen LogP contribution in [0, 0.1) is 6.92 Å². The van der Waals surface area contributed by atoms with Gasteiger partial charge in [0.15, 0.2) is 11.5 Å². The van der Waals surface area contributed by atoms with E-state index in [1.807, 2.05) is 49.4 Å². The molecule has 0 saturated carbocycles. The van der Waals surface area contributed by atoms with Crippen LogP contribution in [-0.2, 0) is 0 Å². The summed E-state index contributed by atoms with van der Waals surface area (Å²) < 4.78 is 10.6. The number of benzene rings is 2. The summed E-state index contributed by atoms with van der Waals surface area (Å²) >= 11 is 0. The highest BCUT2D eigenvalue weighted by atomic mass is 16.5. The molecule has 0 saturated heterocycles. The lowest BCUT2D eigenvalue weighted by Crippen LogP contribution is -1.97. The maximum absolute atomic E-state index is 5.35. The van der Waals surface area contributed by atoms with Crippen LogP contribution in [0.1, 0.15) is 11.1 Å². The van der Waals surface area contributed by atoms with Gasteiger partial charge in [0.1, 0.15) is 0 Å². The third-order valence-electron chi connectivity index (χ3n) is 2.97. The zero-order valence-corrected chi connectivity index (χ0v) is 11.9. The van der Waals surface area contributed by atoms with Crippen molar-refractivity contribution in [3.63, 3.8) is 0 Å². The number of methoxy groups -OCH3 is 2. The maximum atomic E-state index is 5.35. The molecule has 0 aliphatic heterocycles. The van der Waals surface area contributed by atoms with Crippen LogP contribution in [0.2, 0.25) is 0 Å². The first kappa shape index (κ1) is 13.9. The molecule has 0 bridgehead atoms. The van der Waals surface area contributed by atoms with E-state index in [4.69, 9.17) is 9.47 Å². The molecule has 2 aromatic carbocycles. The van der Waals surface area contributed by atoms with Gasteiger partial charge in [-0.1, -0.05) is 24.3 Å². The summed E-state index contributed by atoms with van der Waals surface area (Å²) in [7, 11) is 3.23. The van der Waals surface area contributed by atoms with Crippen LogP contribution in [0.25, 0.3) is 0 Å². The van der Waals surface area contributed by atoms with E-state index in [1.165, 1.54) is 0 Å². The van der Waals surface area contributed by atoms with Gasteiger partial charge in [-0.15, -0.1) is 0 Å². The molecule has 0 aliphatic rings. The number of para-hydroxylation sites is 2. The second kappa shape index (κ2) is 6.61. The monoisotopic (exact) mass is 270 g/mol. The number of hydrogen-bond acceptors (Lipinski definition) is 4. The minimum Gasteiger partial charge on any atom is -0.493 e. The molecule has 2 aromatic rings. The molecule has 0 aromatic heterocycles. The topological polar surface area (TPSA) is 42.8 Å². The molecule has 20 heavy (non-hydrogen) atoms. The van der Waals surface area contributed by atoms with Crippen molar-refractivity contribution < 1.29 is 9.47 Å². The van der Waals surface area contributed by atoms with Crippen molar-refractivity contribution in [1.82, 2.24) is 0 Å². The maximum Gasteiger partial charge on any atom is 0.169 e. The standard InChI is InChI=1S/C16H18N2O2/c1-12-7-4-5-9-14(12)18-17-11-13-8-6-10-15(19-2)16(13)20-3/h4-11,18H,1-3H3/b17-11-. The minimum atomic E-state index is 0.672. The Morgan fingerprint density at radius 1 is 1.00 bits per heavy atom. The normalized spacial score (nSPS) is 10.6. The summed E-state index contributed by atoms with van der Waals surface area (Å²) in [5.41, 5.74) is 6.00. The molecule has 4 heteroatoms. The second-order valence-electron chi connectivity index (χ2n) is 4.27. The summed E-state index contributed by atoms with van der Waals surface area (Å²) in [5, 5.41) is 4.25. The third kappa shape index (κ3) is 3.09. The number of anilines is 1. The lowest BCUT2D eigenvalue weighted by Gasteiger charge is -2.09. The Labute approximate surface area is 119 Å². The average molecular weight is 270 g/mol. The van der Waals surface area contributed by atoms with E-state index in [-0.39, 0.29) is 0 Å². The Balaban J connectivity index is 2.18. The van der Waals surface area contributed by atoms with Gasteiger partial charge in [0, 0.05) is 5.56 Å². The molecular formula is C16H18N2O2. The third-order valence-corrected chi connectivity index (χ3v) is 2.97. The van der Waals surface area contributed by atoms with Crippen LogP contribution in [0.5, 0.6) is 11.5 Å². The summed E-state index contributed by atoms with van der Waals surface area (Å²) in [4.78, 5) is 0. The van der Waals surface area contributed by atoms with Crippen molar-refractivity contribution in [2.45, 2.75) is 6.92 Å². The highest BCUT2D eigenvalue weighted by Crippen LogP contribution is 2.29. The van der Waals surface area contributed by atoms with Crippen molar-refractivity contribution in [2.24, 2.45) is 5.10 Å². The number of aryl methyl sites for hydroxylation is 1. The number of hydrogen-bond donors (Lipinski definition) is 1. The predicted molar refractivity (Wildman–Crippen MR) is 81.9 cm³/mol. The number of nitrogens with one attached hydrogen (secondary N) is 1. The Hall–Kier alpha value is -2.49. The second-order valence-corrected chi connectivity index (χ2v) is 4.27. The molecule has 0 spiro atoms. The van der Waals surface area contributed by atoms with Crippen molar-refractivity contribution in [3.8, 4) is 11.5 Å². The fourth-order valence-corrected chi connectivity index (χ4v) is 1.88. The van der Waals surface area contributed by atoms with Gasteiger partial charge in [-0.2, -0.15) is 5.10 Å². The predicted octanol–water partition coefficient (Wildman–Crippen LogP) is 3.46. The van der Waals surface area contributed by atoms with Gasteiger partial charge in [0.05, 0.1) is 26.1 Å². The highest BCUT2D eigenvalue weighted by molar-refractivity contribution is 5.85. The first-order valence-corrected chi connectivity index (χ1v) is 6.32. The van der Waals surface area contributed by atoms with E-state index in [9.17, 15) is 0 Å². The molecule has 0 unspecified atom stereocenters. The van der Waals surface area contributed by atoms with E-state index in [1.54, 1.807) is 20.4 Å². The van der Waals surface area contributed by atoms with Crippen molar-refractivity contribution in [2.75, 3.05) is 19.6 Å². The molecule has 4 nitrogen and oxygen atoms in total. The van der Waals surface area contributed by atoms with Crippen molar-refractivity contribution in [3.05, 3.63) is 53.6 Å². The highest BCUT2D eigenvalue weighted by Gasteiger charge is 2.07. The molecule has 104 valence electrons. The number of rotatable bonds is 5. The fraction of sp³-hybridized carbons (Fsp3) is 0.188. The van der Waals surface area contributed by atoms with E-state index in [0.29, 0.717) is 11.5 Å². The van der Waals surface area contributed by atoms with E-state index in [0.717, 1.165) is 16.8 Å². The number of nitrogens with zero attached hydrogens (tertiary/aromatic N) is 1. The number of ether oxygens (including phenoxy) is 2. The van der Waals surface area contributed by atoms with Crippen molar-refractivity contribution in [1.29, 1.82) is 0 Å². The summed E-state index contributed by atoms with van der Waals surface area (Å²) in [6, 6.07) is 13.7. The van der Waals surface area contributed by atoms with Gasteiger partial charge >= 0.3 is 0 Å². The van der Waals surface area contributed by atoms with Crippen molar-refractivity contribution >= 4 is 11.9 Å². The van der Waals surface area contributed by atoms with Gasteiger partial charge in [0.25, 0.3) is 0 Å². The molecule has 0 atom stereocenters. The molecule has 2 rings (SSSR count). The Bertz CT molecular complexity index is 609. The lowest BCUT2D eigenvalue weighted by atomic mass is 10.2. The van der Waals surface area contributed by atoms with Gasteiger partial charge in [-0.3, -0.25) is 5.43 Å². The van der Waals surface area contributed by atoms with Crippen LogP contribution in [0.4, 0.5) is 5.69 Å². The Morgan fingerprint density at radius 3 is 2.50 bits per heavy atom. The largest absolute Gasteiger partial charge is 0.493 e. The van der Waals surface area contributed by atoms with Crippen LogP contribution in [0.15, 0.2) is 47.6 Å². The summed E-state index contributed by atoms with van der Waals surface area (Å²) in [6.07, 6.45) is 1.72. The van der Waals surface area contributed by atoms with Crippen LogP contribution in [-0.4, -0.2) is 20.4 Å². The van der Waals surface area contributed by atoms with Gasteiger partial charge < -0.3 is 9.47 Å². The van der Waals surface area contributed by atoms with E-state index in [2.05, 4.69) is 10.5 Å². The van der Waals surface area contributed by atoms with Gasteiger partial charge in [-0.25, -0.2) is 0 Å². The smallest absolute Gasteiger partial charge is 0.169 e. The fourth-order valence-electron chi connectivity index (χ4n) is 1.88. The molecule has 1 N–H and O–H groups in total. The Kier molecular flexibility index (Phi) is 4.60.